The highest BCUT2D eigenvalue weighted by Crippen LogP contribution is 2.44. The molecule has 0 spiro atoms. The third kappa shape index (κ3) is 3.54. The Kier molecular flexibility index (Phi) is 4.02. The van der Waals surface area contributed by atoms with Crippen molar-refractivity contribution in [1.82, 2.24) is 5.32 Å². The van der Waals surface area contributed by atoms with Crippen molar-refractivity contribution in [3.05, 3.63) is 29.3 Å². The summed E-state index contributed by atoms with van der Waals surface area (Å²) in [6, 6.07) is 7.63. The summed E-state index contributed by atoms with van der Waals surface area (Å²) < 4.78 is 0. The molecule has 3 rings (SSSR count). The quantitative estimate of drug-likeness (QED) is 0.817. The average molecular weight is 272 g/mol. The Morgan fingerprint density at radius 3 is 2.10 bits per heavy atom. The molecular weight excluding hydrogens is 244 g/mol. The lowest BCUT2D eigenvalue weighted by Gasteiger charge is -2.23. The fourth-order valence-corrected chi connectivity index (χ4v) is 3.33. The third-order valence-electron chi connectivity index (χ3n) is 4.73. The van der Waals surface area contributed by atoms with Gasteiger partial charge in [-0.3, -0.25) is 0 Å². The molecule has 1 N–H and O–H groups in total. The lowest BCUT2D eigenvalue weighted by atomic mass is 10.1. The second kappa shape index (κ2) is 5.77. The van der Waals surface area contributed by atoms with E-state index in [0.717, 1.165) is 31.0 Å². The molecule has 0 saturated heterocycles. The first-order valence-corrected chi connectivity index (χ1v) is 8.16. The van der Waals surface area contributed by atoms with E-state index in [2.05, 4.69) is 49.3 Å². The van der Waals surface area contributed by atoms with E-state index in [-0.39, 0.29) is 0 Å². The minimum absolute atomic E-state index is 0.822. The van der Waals surface area contributed by atoms with Crippen molar-refractivity contribution in [3.8, 4) is 0 Å². The first kappa shape index (κ1) is 13.9. The number of hydrogen-bond acceptors (Lipinski definition) is 2. The smallest absolute Gasteiger partial charge is 0.0369 e. The summed E-state index contributed by atoms with van der Waals surface area (Å²) in [5.74, 6) is 1.99. The zero-order chi connectivity index (χ0) is 14.1. The molecule has 0 amide bonds. The monoisotopic (exact) mass is 272 g/mol. The minimum Gasteiger partial charge on any atom is -0.373 e. The fraction of sp³-hybridized carbons (Fsp3) is 0.667. The summed E-state index contributed by atoms with van der Waals surface area (Å²) >= 11 is 0. The topological polar surface area (TPSA) is 15.3 Å². The van der Waals surface area contributed by atoms with Gasteiger partial charge in [-0.2, -0.15) is 0 Å². The molecule has 0 aromatic heterocycles. The predicted molar refractivity (Wildman–Crippen MR) is 86.4 cm³/mol. The molecule has 2 nitrogen and oxygen atoms in total. The predicted octanol–water partition coefficient (Wildman–Crippen LogP) is 3.52. The van der Waals surface area contributed by atoms with Crippen LogP contribution in [0.25, 0.3) is 0 Å². The number of aryl methyl sites for hydroxylation is 2. The molecule has 1 aromatic rings. The number of rotatable bonds is 7. The summed E-state index contributed by atoms with van der Waals surface area (Å²) in [4.78, 5) is 2.38. The number of likely N-dealkylation sites (N-methyl/N-ethyl adjacent to an activating group) is 1. The Hall–Kier alpha value is -1.02. The molecule has 0 atom stereocenters. The van der Waals surface area contributed by atoms with Gasteiger partial charge in [-0.05, 0) is 74.6 Å². The molecular formula is C18H28N2. The van der Waals surface area contributed by atoms with Gasteiger partial charge in [-0.1, -0.05) is 6.07 Å². The van der Waals surface area contributed by atoms with Crippen molar-refractivity contribution >= 4 is 5.69 Å². The minimum atomic E-state index is 0.822. The van der Waals surface area contributed by atoms with Crippen molar-refractivity contribution < 1.29 is 0 Å². The largest absolute Gasteiger partial charge is 0.373 e. The summed E-state index contributed by atoms with van der Waals surface area (Å²) in [7, 11) is 2.21. The number of hydrogen-bond donors (Lipinski definition) is 1. The number of nitrogens with zero attached hydrogens (tertiary/aromatic N) is 1. The van der Waals surface area contributed by atoms with Crippen LogP contribution in [0.5, 0.6) is 0 Å². The standard InChI is InChI=1S/C18H28N2/c1-13-10-14(2)12-17(11-13)20(3)9-8-19-18(15-4-5-15)16-6-7-16/h10-12,15-16,18-19H,4-9H2,1-3H3. The van der Waals surface area contributed by atoms with E-state index in [1.165, 1.54) is 42.5 Å². The molecule has 2 aliphatic carbocycles. The number of anilines is 1. The molecule has 2 aliphatic rings. The lowest BCUT2D eigenvalue weighted by Crippen LogP contribution is -2.38. The van der Waals surface area contributed by atoms with Gasteiger partial charge in [0.25, 0.3) is 0 Å². The van der Waals surface area contributed by atoms with E-state index < -0.39 is 0 Å². The van der Waals surface area contributed by atoms with Crippen LogP contribution in [0.4, 0.5) is 5.69 Å². The molecule has 1 aromatic carbocycles. The molecule has 2 heteroatoms. The Morgan fingerprint density at radius 1 is 1.05 bits per heavy atom. The summed E-state index contributed by atoms with van der Waals surface area (Å²) in [6.45, 7) is 6.57. The molecule has 2 fully saturated rings. The van der Waals surface area contributed by atoms with Crippen molar-refractivity contribution in [3.63, 3.8) is 0 Å². The Bertz CT molecular complexity index is 428. The fourth-order valence-electron chi connectivity index (χ4n) is 3.33. The highest BCUT2D eigenvalue weighted by molar-refractivity contribution is 5.50. The second-order valence-electron chi connectivity index (χ2n) is 6.92. The average Bonchev–Trinajstić information content (AvgIpc) is 3.26. The highest BCUT2D eigenvalue weighted by atomic mass is 15.1. The molecule has 2 saturated carbocycles. The zero-order valence-electron chi connectivity index (χ0n) is 13.2. The summed E-state index contributed by atoms with van der Waals surface area (Å²) in [6.07, 6.45) is 5.84. The van der Waals surface area contributed by atoms with Crippen LogP contribution < -0.4 is 10.2 Å². The van der Waals surface area contributed by atoms with Crippen LogP contribution in [0.2, 0.25) is 0 Å². The van der Waals surface area contributed by atoms with Gasteiger partial charge in [-0.25, -0.2) is 0 Å². The highest BCUT2D eigenvalue weighted by Gasteiger charge is 2.40. The van der Waals surface area contributed by atoms with Gasteiger partial charge in [0.15, 0.2) is 0 Å². The Morgan fingerprint density at radius 2 is 1.60 bits per heavy atom. The maximum absolute atomic E-state index is 3.83. The lowest BCUT2D eigenvalue weighted by molar-refractivity contribution is 0.421. The van der Waals surface area contributed by atoms with Gasteiger partial charge in [0.1, 0.15) is 0 Å². The third-order valence-corrected chi connectivity index (χ3v) is 4.73. The van der Waals surface area contributed by atoms with E-state index in [9.17, 15) is 0 Å². The van der Waals surface area contributed by atoms with Gasteiger partial charge in [0, 0.05) is 31.9 Å². The summed E-state index contributed by atoms with van der Waals surface area (Å²) in [5, 5.41) is 3.83. The van der Waals surface area contributed by atoms with Gasteiger partial charge < -0.3 is 10.2 Å². The number of benzene rings is 1. The van der Waals surface area contributed by atoms with E-state index in [1.54, 1.807) is 0 Å². The zero-order valence-corrected chi connectivity index (χ0v) is 13.2. The van der Waals surface area contributed by atoms with Crippen LogP contribution in [0.3, 0.4) is 0 Å². The summed E-state index contributed by atoms with van der Waals surface area (Å²) in [5.41, 5.74) is 4.06. The first-order valence-electron chi connectivity index (χ1n) is 8.16. The SMILES string of the molecule is Cc1cc(C)cc(N(C)CCNC(C2CC2)C2CC2)c1. The van der Waals surface area contributed by atoms with Crippen molar-refractivity contribution in [2.24, 2.45) is 11.8 Å². The van der Waals surface area contributed by atoms with Gasteiger partial charge in [0.2, 0.25) is 0 Å². The first-order chi connectivity index (χ1) is 9.63. The van der Waals surface area contributed by atoms with Crippen molar-refractivity contribution in [1.29, 1.82) is 0 Å². The van der Waals surface area contributed by atoms with Crippen molar-refractivity contribution in [2.75, 3.05) is 25.0 Å². The molecule has 0 aliphatic heterocycles. The maximum Gasteiger partial charge on any atom is 0.0369 e. The van der Waals surface area contributed by atoms with E-state index >= 15 is 0 Å². The van der Waals surface area contributed by atoms with Crippen LogP contribution in [0.1, 0.15) is 36.8 Å². The molecule has 0 radical (unpaired) electrons. The van der Waals surface area contributed by atoms with Gasteiger partial charge in [-0.15, -0.1) is 0 Å². The number of nitrogens with one attached hydrogen (secondary N) is 1. The normalized spacial score (nSPS) is 18.6. The van der Waals surface area contributed by atoms with E-state index in [4.69, 9.17) is 0 Å². The molecule has 20 heavy (non-hydrogen) atoms. The van der Waals surface area contributed by atoms with Crippen LogP contribution in [-0.4, -0.2) is 26.2 Å². The van der Waals surface area contributed by atoms with Crippen LogP contribution in [0.15, 0.2) is 18.2 Å². The van der Waals surface area contributed by atoms with E-state index in [1.807, 2.05) is 0 Å². The van der Waals surface area contributed by atoms with Crippen LogP contribution >= 0.6 is 0 Å². The Labute approximate surface area is 123 Å². The van der Waals surface area contributed by atoms with Crippen LogP contribution in [-0.2, 0) is 0 Å². The second-order valence-corrected chi connectivity index (χ2v) is 6.92. The van der Waals surface area contributed by atoms with Gasteiger partial charge in [0.05, 0.1) is 0 Å². The molecule has 0 heterocycles. The molecule has 0 unspecified atom stereocenters. The van der Waals surface area contributed by atoms with E-state index in [0.29, 0.717) is 0 Å². The molecule has 0 bridgehead atoms. The Balaban J connectivity index is 1.49. The van der Waals surface area contributed by atoms with Crippen molar-refractivity contribution in [2.45, 2.75) is 45.6 Å². The van der Waals surface area contributed by atoms with Crippen LogP contribution in [0, 0.1) is 25.7 Å². The van der Waals surface area contributed by atoms with Gasteiger partial charge >= 0.3 is 0 Å². The maximum atomic E-state index is 3.83. The molecule has 110 valence electrons.